The molecule has 184 valence electrons. The maximum atomic E-state index is 12.2. The number of carbonyl (C=O) groups excluding carboxylic acids is 2. The Morgan fingerprint density at radius 2 is 1.00 bits per heavy atom. The number of ether oxygens (including phenoxy) is 4. The van der Waals surface area contributed by atoms with Crippen molar-refractivity contribution < 1.29 is 28.5 Å². The first kappa shape index (κ1) is 29.9. The van der Waals surface area contributed by atoms with Gasteiger partial charge in [-0.3, -0.25) is 9.59 Å². The second-order valence-electron chi connectivity index (χ2n) is 10.2. The molecule has 0 fully saturated rings. The summed E-state index contributed by atoms with van der Waals surface area (Å²) in [6.45, 7) is 20.7. The number of hydrogen-bond acceptors (Lipinski definition) is 6. The zero-order valence-electron chi connectivity index (χ0n) is 21.8. The number of carbonyl (C=O) groups is 2. The smallest absolute Gasteiger partial charge is 0.306 e. The Morgan fingerprint density at radius 1 is 0.613 bits per heavy atom. The van der Waals surface area contributed by atoms with Gasteiger partial charge in [0.25, 0.3) is 0 Å². The van der Waals surface area contributed by atoms with Gasteiger partial charge in [-0.2, -0.15) is 0 Å². The highest BCUT2D eigenvalue weighted by molar-refractivity contribution is 5.78. The van der Waals surface area contributed by atoms with Gasteiger partial charge in [0.2, 0.25) is 0 Å². The molecule has 0 aromatic rings. The third-order valence-corrected chi connectivity index (χ3v) is 6.23. The first-order valence-corrected chi connectivity index (χ1v) is 11.9. The van der Waals surface area contributed by atoms with Crippen molar-refractivity contribution in [3.8, 4) is 0 Å². The van der Waals surface area contributed by atoms with Crippen LogP contribution in [0.1, 0.15) is 114 Å². The van der Waals surface area contributed by atoms with Crippen LogP contribution in [0.4, 0.5) is 0 Å². The molecule has 0 heterocycles. The summed E-state index contributed by atoms with van der Waals surface area (Å²) in [7, 11) is 0. The number of rotatable bonds is 16. The van der Waals surface area contributed by atoms with E-state index >= 15 is 0 Å². The predicted molar refractivity (Wildman–Crippen MR) is 124 cm³/mol. The van der Waals surface area contributed by atoms with Crippen LogP contribution in [0.25, 0.3) is 0 Å². The van der Waals surface area contributed by atoms with E-state index in [-0.39, 0.29) is 24.0 Å². The summed E-state index contributed by atoms with van der Waals surface area (Å²) in [6.07, 6.45) is 4.21. The van der Waals surface area contributed by atoms with E-state index in [2.05, 4.69) is 41.5 Å². The highest BCUT2D eigenvalue weighted by atomic mass is 16.6. The molecule has 0 spiro atoms. The van der Waals surface area contributed by atoms with Gasteiger partial charge in [-0.05, 0) is 67.2 Å². The van der Waals surface area contributed by atoms with Crippen molar-refractivity contribution >= 4 is 11.9 Å². The van der Waals surface area contributed by atoms with E-state index in [0.717, 1.165) is 25.7 Å². The first-order valence-electron chi connectivity index (χ1n) is 11.9. The van der Waals surface area contributed by atoms with E-state index in [1.54, 1.807) is 0 Å². The number of esters is 2. The average Bonchev–Trinajstić information content (AvgIpc) is 2.69. The van der Waals surface area contributed by atoms with Crippen LogP contribution in [0.15, 0.2) is 0 Å². The summed E-state index contributed by atoms with van der Waals surface area (Å²) in [5, 5.41) is 0. The van der Waals surface area contributed by atoms with Crippen molar-refractivity contribution in [3.05, 3.63) is 0 Å². The van der Waals surface area contributed by atoms with Crippen LogP contribution in [0, 0.1) is 0 Å². The highest BCUT2D eigenvalue weighted by Crippen LogP contribution is 2.24. The quantitative estimate of drug-likeness (QED) is 0.272. The van der Waals surface area contributed by atoms with Crippen molar-refractivity contribution in [3.63, 3.8) is 0 Å². The molecule has 0 radical (unpaired) electrons. The Balaban J connectivity index is 4.41. The lowest BCUT2D eigenvalue weighted by molar-refractivity contribution is -0.173. The van der Waals surface area contributed by atoms with Crippen LogP contribution < -0.4 is 0 Å². The van der Waals surface area contributed by atoms with E-state index in [0.29, 0.717) is 19.6 Å². The van der Waals surface area contributed by atoms with Gasteiger partial charge in [-0.1, -0.05) is 27.7 Å². The van der Waals surface area contributed by atoms with Crippen molar-refractivity contribution in [2.75, 3.05) is 13.2 Å². The van der Waals surface area contributed by atoms with Gasteiger partial charge in [0, 0.05) is 6.42 Å². The topological polar surface area (TPSA) is 71.1 Å². The maximum absolute atomic E-state index is 12.2. The van der Waals surface area contributed by atoms with Crippen LogP contribution in [-0.2, 0) is 28.5 Å². The fraction of sp³-hybridized carbons (Fsp3) is 0.920. The van der Waals surface area contributed by atoms with Gasteiger partial charge >= 0.3 is 11.9 Å². The van der Waals surface area contributed by atoms with E-state index in [1.165, 1.54) is 0 Å². The molecule has 0 aromatic heterocycles. The Hall–Kier alpha value is -1.14. The van der Waals surface area contributed by atoms with E-state index in [4.69, 9.17) is 18.9 Å². The standard InChI is InChI=1S/C25H48O6/c1-11-24(9,12-2)28-18-17-22(5,6)30-20(26)15-16-21(27)31-23(7,8)19-29-25(10,13-3)14-4/h11-19H2,1-10H3. The van der Waals surface area contributed by atoms with Crippen LogP contribution in [0.3, 0.4) is 0 Å². The predicted octanol–water partition coefficient (Wildman–Crippen LogP) is 5.99. The third-order valence-electron chi connectivity index (χ3n) is 6.23. The minimum Gasteiger partial charge on any atom is -0.460 e. The molecule has 6 nitrogen and oxygen atoms in total. The SMILES string of the molecule is CCC(C)(CC)OCCC(C)(C)OC(=O)CCC(=O)OC(C)(C)COC(C)(CC)CC. The Kier molecular flexibility index (Phi) is 12.3. The highest BCUT2D eigenvalue weighted by Gasteiger charge is 2.30. The molecular weight excluding hydrogens is 396 g/mol. The molecular formula is C25H48O6. The normalized spacial score (nSPS) is 13.2. The zero-order valence-corrected chi connectivity index (χ0v) is 21.8. The summed E-state index contributed by atoms with van der Waals surface area (Å²) < 4.78 is 23.1. The molecule has 0 unspecified atom stereocenters. The molecule has 0 saturated heterocycles. The summed E-state index contributed by atoms with van der Waals surface area (Å²) in [6, 6.07) is 0. The summed E-state index contributed by atoms with van der Waals surface area (Å²) in [5.74, 6) is -0.836. The monoisotopic (exact) mass is 444 g/mol. The summed E-state index contributed by atoms with van der Waals surface area (Å²) in [5.41, 5.74) is -1.78. The molecule has 0 saturated carbocycles. The average molecular weight is 445 g/mol. The molecule has 0 N–H and O–H groups in total. The van der Waals surface area contributed by atoms with Gasteiger partial charge in [-0.25, -0.2) is 0 Å². The van der Waals surface area contributed by atoms with Gasteiger partial charge in [-0.15, -0.1) is 0 Å². The molecule has 0 aromatic carbocycles. The zero-order chi connectivity index (χ0) is 24.3. The molecule has 0 aliphatic heterocycles. The van der Waals surface area contributed by atoms with Crippen molar-refractivity contribution in [1.82, 2.24) is 0 Å². The van der Waals surface area contributed by atoms with E-state index in [9.17, 15) is 9.59 Å². The Labute approximate surface area is 190 Å². The Bertz CT molecular complexity index is 544. The molecule has 0 aliphatic rings. The van der Waals surface area contributed by atoms with Crippen LogP contribution in [-0.4, -0.2) is 47.6 Å². The van der Waals surface area contributed by atoms with Crippen LogP contribution in [0.5, 0.6) is 0 Å². The van der Waals surface area contributed by atoms with Gasteiger partial charge in [0.1, 0.15) is 11.2 Å². The fourth-order valence-electron chi connectivity index (χ4n) is 2.80. The maximum Gasteiger partial charge on any atom is 0.306 e. The largest absolute Gasteiger partial charge is 0.460 e. The van der Waals surface area contributed by atoms with Crippen molar-refractivity contribution in [1.29, 1.82) is 0 Å². The lowest BCUT2D eigenvalue weighted by Gasteiger charge is -2.33. The summed E-state index contributed by atoms with van der Waals surface area (Å²) in [4.78, 5) is 24.5. The van der Waals surface area contributed by atoms with Gasteiger partial charge < -0.3 is 18.9 Å². The molecule has 0 atom stereocenters. The van der Waals surface area contributed by atoms with Gasteiger partial charge in [0.15, 0.2) is 0 Å². The lowest BCUT2D eigenvalue weighted by atomic mass is 9.99. The molecule has 31 heavy (non-hydrogen) atoms. The van der Waals surface area contributed by atoms with Crippen molar-refractivity contribution in [2.24, 2.45) is 0 Å². The van der Waals surface area contributed by atoms with E-state index < -0.39 is 23.1 Å². The molecule has 6 heteroatoms. The molecule has 0 bridgehead atoms. The van der Waals surface area contributed by atoms with E-state index in [1.807, 2.05) is 27.7 Å². The fourth-order valence-corrected chi connectivity index (χ4v) is 2.80. The minimum atomic E-state index is -0.756. The van der Waals surface area contributed by atoms with Crippen LogP contribution >= 0.6 is 0 Å². The lowest BCUT2D eigenvalue weighted by Crippen LogP contribution is -2.39. The molecule has 0 aliphatic carbocycles. The summed E-state index contributed by atoms with van der Waals surface area (Å²) >= 11 is 0. The molecule has 0 amide bonds. The Morgan fingerprint density at radius 3 is 1.42 bits per heavy atom. The second kappa shape index (κ2) is 12.8. The van der Waals surface area contributed by atoms with Gasteiger partial charge in [0.05, 0.1) is 37.3 Å². The van der Waals surface area contributed by atoms with Crippen molar-refractivity contribution in [2.45, 2.75) is 137 Å². The second-order valence-corrected chi connectivity index (χ2v) is 10.2. The third kappa shape index (κ3) is 12.5. The van der Waals surface area contributed by atoms with Crippen LogP contribution in [0.2, 0.25) is 0 Å². The first-order chi connectivity index (χ1) is 14.2. The number of hydrogen-bond donors (Lipinski definition) is 0. The molecule has 0 rings (SSSR count). The minimum absolute atomic E-state index is 0.0106.